The fraction of sp³-hybridized carbons (Fsp3) is 0.455. The van der Waals surface area contributed by atoms with Gasteiger partial charge in [0.15, 0.2) is 0 Å². The highest BCUT2D eigenvalue weighted by Crippen LogP contribution is 2.28. The van der Waals surface area contributed by atoms with E-state index >= 15 is 0 Å². The lowest BCUT2D eigenvalue weighted by molar-refractivity contribution is 0.499. The normalized spacial score (nSPS) is 21.8. The molecule has 0 aliphatic carbocycles. The number of benzene rings is 1. The first kappa shape index (κ1) is 10.7. The maximum absolute atomic E-state index is 13.1. The lowest BCUT2D eigenvalue weighted by atomic mass is 10.2. The highest BCUT2D eigenvalue weighted by Gasteiger charge is 2.20. The van der Waals surface area contributed by atoms with Gasteiger partial charge in [-0.05, 0) is 25.1 Å². The molecule has 1 aliphatic rings. The number of rotatable bonds is 1. The zero-order chi connectivity index (χ0) is 10.8. The molecule has 2 nitrogen and oxygen atoms in total. The molecule has 0 unspecified atom stereocenters. The van der Waals surface area contributed by atoms with E-state index in [1.165, 1.54) is 12.1 Å². The van der Waals surface area contributed by atoms with Crippen LogP contribution in [0.4, 0.5) is 10.1 Å². The molecule has 4 heteroatoms. The molecule has 1 fully saturated rings. The van der Waals surface area contributed by atoms with E-state index < -0.39 is 0 Å². The Morgan fingerprint density at radius 2 is 2.33 bits per heavy atom. The third kappa shape index (κ3) is 2.24. The van der Waals surface area contributed by atoms with Crippen LogP contribution in [0.3, 0.4) is 0 Å². The summed E-state index contributed by atoms with van der Waals surface area (Å²) in [4.78, 5) is 2.14. The van der Waals surface area contributed by atoms with Crippen molar-refractivity contribution in [2.45, 2.75) is 13.0 Å². The van der Waals surface area contributed by atoms with Crippen molar-refractivity contribution in [1.29, 1.82) is 0 Å². The summed E-state index contributed by atoms with van der Waals surface area (Å²) in [7, 11) is 0. The lowest BCUT2D eigenvalue weighted by Gasteiger charge is -2.36. The number of hydrogen-bond acceptors (Lipinski definition) is 2. The molecule has 2 rings (SSSR count). The summed E-state index contributed by atoms with van der Waals surface area (Å²) in [6, 6.07) is 4.85. The maximum atomic E-state index is 13.1. The van der Waals surface area contributed by atoms with E-state index in [1.807, 2.05) is 0 Å². The maximum Gasteiger partial charge on any atom is 0.125 e. The van der Waals surface area contributed by atoms with Crippen LogP contribution in [0.15, 0.2) is 18.2 Å². The van der Waals surface area contributed by atoms with Crippen LogP contribution in [0, 0.1) is 5.82 Å². The van der Waals surface area contributed by atoms with Gasteiger partial charge in [-0.2, -0.15) is 0 Å². The molecule has 0 saturated carbocycles. The topological polar surface area (TPSA) is 15.3 Å². The van der Waals surface area contributed by atoms with Gasteiger partial charge in [-0.15, -0.1) is 0 Å². The molecule has 1 aromatic rings. The highest BCUT2D eigenvalue weighted by atomic mass is 35.5. The van der Waals surface area contributed by atoms with Gasteiger partial charge in [0.2, 0.25) is 0 Å². The molecule has 1 heterocycles. The zero-order valence-corrected chi connectivity index (χ0v) is 9.39. The quantitative estimate of drug-likeness (QED) is 0.794. The molecular formula is C11H14ClFN2. The Labute approximate surface area is 94.0 Å². The Bertz CT molecular complexity index is 356. The van der Waals surface area contributed by atoms with Crippen molar-refractivity contribution in [3.05, 3.63) is 29.0 Å². The predicted molar refractivity (Wildman–Crippen MR) is 61.1 cm³/mol. The zero-order valence-electron chi connectivity index (χ0n) is 8.63. The minimum absolute atomic E-state index is 0.236. The molecule has 1 saturated heterocycles. The summed E-state index contributed by atoms with van der Waals surface area (Å²) in [6.45, 7) is 4.79. The van der Waals surface area contributed by atoms with Crippen LogP contribution in [0.5, 0.6) is 0 Å². The fourth-order valence-corrected chi connectivity index (χ4v) is 2.13. The third-order valence-electron chi connectivity index (χ3n) is 2.72. The Hall–Kier alpha value is -0.800. The fourth-order valence-electron chi connectivity index (χ4n) is 1.90. The van der Waals surface area contributed by atoms with Crippen LogP contribution in [0.1, 0.15) is 6.92 Å². The molecule has 0 radical (unpaired) electrons. The molecule has 15 heavy (non-hydrogen) atoms. The molecular weight excluding hydrogens is 215 g/mol. The van der Waals surface area contributed by atoms with Crippen LogP contribution in [0.2, 0.25) is 5.02 Å². The van der Waals surface area contributed by atoms with Gasteiger partial charge in [-0.3, -0.25) is 0 Å². The SMILES string of the molecule is C[C@@H]1CNCCN1c1cc(F)ccc1Cl. The summed E-state index contributed by atoms with van der Waals surface area (Å²) in [5.74, 6) is -0.236. The van der Waals surface area contributed by atoms with Crippen molar-refractivity contribution in [2.24, 2.45) is 0 Å². The molecule has 82 valence electrons. The van der Waals surface area contributed by atoms with Gasteiger partial charge in [0.25, 0.3) is 0 Å². The van der Waals surface area contributed by atoms with Gasteiger partial charge in [0, 0.05) is 25.7 Å². The second kappa shape index (κ2) is 4.37. The van der Waals surface area contributed by atoms with Crippen LogP contribution in [-0.2, 0) is 0 Å². The van der Waals surface area contributed by atoms with Gasteiger partial charge in [-0.25, -0.2) is 4.39 Å². The van der Waals surface area contributed by atoms with Crippen molar-refractivity contribution in [3.63, 3.8) is 0 Å². The van der Waals surface area contributed by atoms with Crippen molar-refractivity contribution in [2.75, 3.05) is 24.5 Å². The van der Waals surface area contributed by atoms with Gasteiger partial charge in [0.1, 0.15) is 5.82 Å². The summed E-state index contributed by atoms with van der Waals surface area (Å²) < 4.78 is 13.1. The largest absolute Gasteiger partial charge is 0.365 e. The second-order valence-corrected chi connectivity index (χ2v) is 4.25. The molecule has 1 aliphatic heterocycles. The van der Waals surface area contributed by atoms with Gasteiger partial charge in [-0.1, -0.05) is 11.6 Å². The van der Waals surface area contributed by atoms with Gasteiger partial charge in [0.05, 0.1) is 10.7 Å². The first-order chi connectivity index (χ1) is 7.18. The van der Waals surface area contributed by atoms with E-state index in [0.717, 1.165) is 25.3 Å². The summed E-state index contributed by atoms with van der Waals surface area (Å²) >= 11 is 6.07. The predicted octanol–water partition coefficient (Wildman–Crippen LogP) is 2.28. The smallest absolute Gasteiger partial charge is 0.125 e. The van der Waals surface area contributed by atoms with Gasteiger partial charge < -0.3 is 10.2 Å². The van der Waals surface area contributed by atoms with E-state index in [1.54, 1.807) is 6.07 Å². The third-order valence-corrected chi connectivity index (χ3v) is 3.04. The number of hydrogen-bond donors (Lipinski definition) is 1. The van der Waals surface area contributed by atoms with Crippen LogP contribution < -0.4 is 10.2 Å². The number of piperazine rings is 1. The van der Waals surface area contributed by atoms with Crippen molar-refractivity contribution < 1.29 is 4.39 Å². The monoisotopic (exact) mass is 228 g/mol. The van der Waals surface area contributed by atoms with E-state index in [4.69, 9.17) is 11.6 Å². The average Bonchev–Trinajstić information content (AvgIpc) is 2.23. The standard InChI is InChI=1S/C11H14ClFN2/c1-8-7-14-4-5-15(8)11-6-9(13)2-3-10(11)12/h2-3,6,8,14H,4-5,7H2,1H3/t8-/m1/s1. The molecule has 1 atom stereocenters. The molecule has 0 bridgehead atoms. The first-order valence-electron chi connectivity index (χ1n) is 5.11. The van der Waals surface area contributed by atoms with Gasteiger partial charge >= 0.3 is 0 Å². The van der Waals surface area contributed by atoms with E-state index in [0.29, 0.717) is 11.1 Å². The summed E-state index contributed by atoms with van der Waals surface area (Å²) in [5.41, 5.74) is 0.797. The number of anilines is 1. The van der Waals surface area contributed by atoms with Crippen molar-refractivity contribution in [1.82, 2.24) is 5.32 Å². The Morgan fingerprint density at radius 3 is 3.07 bits per heavy atom. The summed E-state index contributed by atoms with van der Waals surface area (Å²) in [6.07, 6.45) is 0. The average molecular weight is 229 g/mol. The summed E-state index contributed by atoms with van der Waals surface area (Å²) in [5, 5.41) is 3.91. The first-order valence-corrected chi connectivity index (χ1v) is 5.48. The van der Waals surface area contributed by atoms with E-state index in [9.17, 15) is 4.39 Å². The molecule has 0 aromatic heterocycles. The second-order valence-electron chi connectivity index (χ2n) is 3.84. The van der Waals surface area contributed by atoms with Crippen LogP contribution in [0.25, 0.3) is 0 Å². The van der Waals surface area contributed by atoms with Crippen molar-refractivity contribution in [3.8, 4) is 0 Å². The minimum atomic E-state index is -0.236. The molecule has 1 N–H and O–H groups in total. The number of nitrogens with one attached hydrogen (secondary N) is 1. The Balaban J connectivity index is 2.30. The Kier molecular flexibility index (Phi) is 3.12. The Morgan fingerprint density at radius 1 is 1.53 bits per heavy atom. The number of nitrogens with zero attached hydrogens (tertiary/aromatic N) is 1. The molecule has 0 amide bonds. The van der Waals surface area contributed by atoms with Crippen molar-refractivity contribution >= 4 is 17.3 Å². The number of halogens is 2. The van der Waals surface area contributed by atoms with E-state index in [2.05, 4.69) is 17.1 Å². The highest BCUT2D eigenvalue weighted by molar-refractivity contribution is 6.33. The van der Waals surface area contributed by atoms with E-state index in [-0.39, 0.29) is 5.82 Å². The van der Waals surface area contributed by atoms with Crippen LogP contribution in [-0.4, -0.2) is 25.7 Å². The molecule has 1 aromatic carbocycles. The molecule has 0 spiro atoms. The lowest BCUT2D eigenvalue weighted by Crippen LogP contribution is -2.50. The minimum Gasteiger partial charge on any atom is -0.365 e. The van der Waals surface area contributed by atoms with Crippen LogP contribution >= 0.6 is 11.6 Å².